The molecule has 0 N–H and O–H groups in total. The zero-order valence-corrected chi connectivity index (χ0v) is 21.6. The molecule has 1 aliphatic rings. The number of hydrogen-bond acceptors (Lipinski definition) is 5. The van der Waals surface area contributed by atoms with Crippen LogP contribution in [0.15, 0.2) is 42.5 Å². The molecular weight excluding hydrogens is 539 g/mol. The maximum absolute atomic E-state index is 14.9. The molecule has 40 heavy (non-hydrogen) atoms. The van der Waals surface area contributed by atoms with Crippen molar-refractivity contribution in [1.82, 2.24) is 4.90 Å². The van der Waals surface area contributed by atoms with Crippen LogP contribution in [-0.2, 0) is 16.1 Å². The topological polar surface area (TPSA) is 84.0 Å². The number of halogens is 5. The first-order chi connectivity index (χ1) is 18.7. The maximum atomic E-state index is 14.9. The van der Waals surface area contributed by atoms with Gasteiger partial charge in [-0.3, -0.25) is 9.59 Å². The first-order valence-corrected chi connectivity index (χ1v) is 11.7. The predicted octanol–water partition coefficient (Wildman–Crippen LogP) is 5.46. The minimum Gasteiger partial charge on any atom is -0.465 e. The zero-order valence-electron chi connectivity index (χ0n) is 21.6. The third-order valence-corrected chi connectivity index (χ3v) is 6.72. The molecule has 1 fully saturated rings. The van der Waals surface area contributed by atoms with E-state index in [0.717, 1.165) is 24.0 Å². The summed E-state index contributed by atoms with van der Waals surface area (Å²) < 4.78 is 76.4. The lowest BCUT2D eigenvalue weighted by Crippen LogP contribution is -2.44. The second-order valence-electron chi connectivity index (χ2n) is 9.50. The first kappa shape index (κ1) is 28.4. The molecule has 3 aromatic carbocycles. The first-order valence-electron chi connectivity index (χ1n) is 11.7. The lowest BCUT2D eigenvalue weighted by atomic mass is 9.96. The van der Waals surface area contributed by atoms with Gasteiger partial charge in [0, 0.05) is 23.2 Å². The highest BCUT2D eigenvalue weighted by Crippen LogP contribution is 2.38. The van der Waals surface area contributed by atoms with Gasteiger partial charge in [0.15, 0.2) is 29.1 Å². The van der Waals surface area contributed by atoms with Gasteiger partial charge in [-0.05, 0) is 50.6 Å². The van der Waals surface area contributed by atoms with Crippen LogP contribution in [0, 0.1) is 36.0 Å². The van der Waals surface area contributed by atoms with E-state index in [1.807, 2.05) is 0 Å². The van der Waals surface area contributed by atoms with Gasteiger partial charge < -0.3 is 9.64 Å². The molecule has 1 aliphatic heterocycles. The third-order valence-electron chi connectivity index (χ3n) is 6.72. The van der Waals surface area contributed by atoms with Crippen LogP contribution in [0.3, 0.4) is 0 Å². The molecule has 0 bridgehead atoms. The van der Waals surface area contributed by atoms with Gasteiger partial charge in [0.25, 0.3) is 5.91 Å². The van der Waals surface area contributed by atoms with Crippen LogP contribution < -0.4 is 4.90 Å². The number of methoxy groups -OCH3 is 1. The Labute approximate surface area is 224 Å². The second-order valence-corrected chi connectivity index (χ2v) is 9.50. The summed E-state index contributed by atoms with van der Waals surface area (Å²) in [6, 6.07) is 7.14. The van der Waals surface area contributed by atoms with E-state index in [-0.39, 0.29) is 27.2 Å². The molecule has 1 heterocycles. The molecule has 0 saturated carbocycles. The largest absolute Gasteiger partial charge is 0.465 e. The Morgan fingerprint density at radius 2 is 1.45 bits per heavy atom. The van der Waals surface area contributed by atoms with Crippen molar-refractivity contribution < 1.29 is 45.9 Å². The number of imide groups is 1. The number of esters is 1. The second kappa shape index (κ2) is 10.2. The molecule has 7 nitrogen and oxygen atoms in total. The van der Waals surface area contributed by atoms with E-state index in [9.17, 15) is 41.1 Å². The third kappa shape index (κ3) is 4.48. The highest BCUT2D eigenvalue weighted by molar-refractivity contribution is 6.23. The monoisotopic (exact) mass is 560 g/mol. The number of nitrogens with zero attached hydrogens (tertiary/aromatic N) is 2. The highest BCUT2D eigenvalue weighted by Gasteiger charge is 2.54. The van der Waals surface area contributed by atoms with Gasteiger partial charge in [-0.2, -0.15) is 0 Å². The predicted molar refractivity (Wildman–Crippen MR) is 131 cm³/mol. The van der Waals surface area contributed by atoms with E-state index in [4.69, 9.17) is 0 Å². The van der Waals surface area contributed by atoms with Crippen molar-refractivity contribution in [3.8, 4) is 0 Å². The van der Waals surface area contributed by atoms with Crippen LogP contribution in [0.4, 0.5) is 32.4 Å². The van der Waals surface area contributed by atoms with Crippen LogP contribution in [0.2, 0.25) is 0 Å². The molecule has 0 unspecified atom stereocenters. The summed E-state index contributed by atoms with van der Waals surface area (Å²) in [6.45, 7) is 2.83. The van der Waals surface area contributed by atoms with Gasteiger partial charge in [0.05, 0.1) is 12.7 Å². The van der Waals surface area contributed by atoms with Crippen LogP contribution in [-0.4, -0.2) is 41.2 Å². The molecule has 3 aromatic rings. The number of carbonyl (C=O) groups excluding carboxylic acids is 4. The number of urea groups is 1. The van der Waals surface area contributed by atoms with E-state index < -0.39 is 76.1 Å². The standard InChI is InChI=1S/C28H21F5N2O5/c1-13-19(30)21(32)22(33)23(20(13)31)35-26(38)28(2,3)34(27(35)39)12-16-9-10-17(29)11-18(16)24(36)14-5-7-15(8-6-14)25(37)40-4/h5-11H,12H2,1-4H3. The Kier molecular flexibility index (Phi) is 7.22. The van der Waals surface area contributed by atoms with Crippen molar-refractivity contribution >= 4 is 29.4 Å². The number of rotatable bonds is 6. The fourth-order valence-corrected chi connectivity index (χ4v) is 4.33. The van der Waals surface area contributed by atoms with E-state index in [2.05, 4.69) is 4.74 Å². The Balaban J connectivity index is 1.74. The average molecular weight is 560 g/mol. The van der Waals surface area contributed by atoms with Gasteiger partial charge >= 0.3 is 12.0 Å². The summed E-state index contributed by atoms with van der Waals surface area (Å²) in [4.78, 5) is 52.5. The van der Waals surface area contributed by atoms with Crippen LogP contribution in [0.25, 0.3) is 0 Å². The van der Waals surface area contributed by atoms with Gasteiger partial charge in [-0.1, -0.05) is 18.2 Å². The normalized spacial score (nSPS) is 14.6. The molecule has 1 saturated heterocycles. The van der Waals surface area contributed by atoms with Gasteiger partial charge in [-0.15, -0.1) is 0 Å². The molecule has 208 valence electrons. The quantitative estimate of drug-likeness (QED) is 0.1000. The van der Waals surface area contributed by atoms with E-state index in [1.54, 1.807) is 0 Å². The van der Waals surface area contributed by atoms with Crippen molar-refractivity contribution in [3.63, 3.8) is 0 Å². The fourth-order valence-electron chi connectivity index (χ4n) is 4.33. The molecule has 0 atom stereocenters. The summed E-state index contributed by atoms with van der Waals surface area (Å²) in [5.74, 6) is -10.8. The smallest absolute Gasteiger partial charge is 0.337 e. The van der Waals surface area contributed by atoms with Gasteiger partial charge in [-0.25, -0.2) is 36.4 Å². The molecular formula is C28H21F5N2O5. The number of ether oxygens (including phenoxy) is 1. The summed E-state index contributed by atoms with van der Waals surface area (Å²) in [5.41, 5.74) is -3.98. The van der Waals surface area contributed by atoms with Crippen LogP contribution in [0.5, 0.6) is 0 Å². The Morgan fingerprint density at radius 1 is 0.850 bits per heavy atom. The number of amides is 3. The molecule has 0 aliphatic carbocycles. The van der Waals surface area contributed by atoms with Crippen molar-refractivity contribution in [2.75, 3.05) is 12.0 Å². The van der Waals surface area contributed by atoms with Crippen molar-refractivity contribution in [2.45, 2.75) is 32.9 Å². The van der Waals surface area contributed by atoms with Crippen LogP contribution >= 0.6 is 0 Å². The Hall–Kier alpha value is -4.61. The summed E-state index contributed by atoms with van der Waals surface area (Å²) in [7, 11) is 1.18. The van der Waals surface area contributed by atoms with Gasteiger partial charge in [0.1, 0.15) is 17.0 Å². The van der Waals surface area contributed by atoms with Gasteiger partial charge in [0.2, 0.25) is 0 Å². The Bertz CT molecular complexity index is 1560. The summed E-state index contributed by atoms with van der Waals surface area (Å²) in [5, 5.41) is 0. The molecule has 4 rings (SSSR count). The fraction of sp³-hybridized carbons (Fsp3) is 0.214. The maximum Gasteiger partial charge on any atom is 0.337 e. The summed E-state index contributed by atoms with van der Waals surface area (Å²) in [6.07, 6.45) is 0. The van der Waals surface area contributed by atoms with E-state index in [1.165, 1.54) is 51.3 Å². The summed E-state index contributed by atoms with van der Waals surface area (Å²) >= 11 is 0. The minimum absolute atomic E-state index is 0.0608. The van der Waals surface area contributed by atoms with Crippen molar-refractivity contribution in [2.24, 2.45) is 0 Å². The lowest BCUT2D eigenvalue weighted by molar-refractivity contribution is -0.123. The van der Waals surface area contributed by atoms with Crippen LogP contribution in [0.1, 0.15) is 51.3 Å². The van der Waals surface area contributed by atoms with Crippen molar-refractivity contribution in [3.05, 3.63) is 99.4 Å². The number of anilines is 1. The average Bonchev–Trinajstić information content (AvgIpc) is 3.10. The highest BCUT2D eigenvalue weighted by atomic mass is 19.2. The van der Waals surface area contributed by atoms with E-state index in [0.29, 0.717) is 0 Å². The van der Waals surface area contributed by atoms with Crippen molar-refractivity contribution in [1.29, 1.82) is 0 Å². The molecule has 0 aromatic heterocycles. The number of hydrogen-bond donors (Lipinski definition) is 0. The molecule has 3 amide bonds. The number of ketones is 1. The lowest BCUT2D eigenvalue weighted by Gasteiger charge is -2.28. The SMILES string of the molecule is COC(=O)c1ccc(C(=O)c2cc(F)ccc2CN2C(=O)N(c3c(F)c(C)c(F)c(F)c3F)C(=O)C2(C)C)cc1. The number of carbonyl (C=O) groups is 4. The molecule has 12 heteroatoms. The molecule has 0 spiro atoms. The zero-order chi connectivity index (χ0) is 29.7. The van der Waals surface area contributed by atoms with E-state index >= 15 is 0 Å². The Morgan fingerprint density at radius 3 is 2.05 bits per heavy atom. The minimum atomic E-state index is -2.06. The number of benzene rings is 3. The molecule has 0 radical (unpaired) electrons.